The van der Waals surface area contributed by atoms with Crippen molar-refractivity contribution in [3.8, 4) is 0 Å². The maximum Gasteiger partial charge on any atom is 0.139 e. The summed E-state index contributed by atoms with van der Waals surface area (Å²) in [4.78, 5) is 12.2. The molecule has 0 atom stereocenters. The van der Waals surface area contributed by atoms with E-state index in [1.54, 1.807) is 0 Å². The number of hydrogen-bond acceptors (Lipinski definition) is 1. The van der Waals surface area contributed by atoms with Crippen LogP contribution in [0.25, 0.3) is 0 Å². The Kier molecular flexibility index (Phi) is 4.56. The third kappa shape index (κ3) is 3.19. The summed E-state index contributed by atoms with van der Waals surface area (Å²) in [6.07, 6.45) is 9.72. The molecule has 0 radical (unpaired) electrons. The zero-order chi connectivity index (χ0) is 11.3. The summed E-state index contributed by atoms with van der Waals surface area (Å²) in [5, 5.41) is 0. The quantitative estimate of drug-likeness (QED) is 0.616. The first kappa shape index (κ1) is 12.5. The van der Waals surface area contributed by atoms with Gasteiger partial charge >= 0.3 is 0 Å². The lowest BCUT2D eigenvalue weighted by molar-refractivity contribution is -0.128. The van der Waals surface area contributed by atoms with Crippen LogP contribution in [0.15, 0.2) is 11.6 Å². The van der Waals surface area contributed by atoms with Gasteiger partial charge in [-0.1, -0.05) is 31.4 Å². The fraction of sp³-hybridized carbons (Fsp3) is 0.786. The highest BCUT2D eigenvalue weighted by Crippen LogP contribution is 2.43. The largest absolute Gasteiger partial charge is 0.299 e. The van der Waals surface area contributed by atoms with Crippen molar-refractivity contribution < 1.29 is 4.79 Å². The van der Waals surface area contributed by atoms with Crippen molar-refractivity contribution in [3.05, 3.63) is 11.6 Å². The van der Waals surface area contributed by atoms with E-state index < -0.39 is 0 Å². The first-order valence-electron chi connectivity index (χ1n) is 6.27. The molecule has 0 aliphatic heterocycles. The number of carbonyl (C=O) groups is 1. The van der Waals surface area contributed by atoms with Crippen LogP contribution in [0.4, 0.5) is 0 Å². The lowest BCUT2D eigenvalue weighted by Gasteiger charge is -2.26. The molecule has 1 nitrogen and oxygen atoms in total. The SMILES string of the molecule is CCCC(=O)C1(CC=C(C)C)CCCC1. The van der Waals surface area contributed by atoms with E-state index in [2.05, 4.69) is 26.8 Å². The van der Waals surface area contributed by atoms with Crippen molar-refractivity contribution in [2.75, 3.05) is 0 Å². The summed E-state index contributed by atoms with van der Waals surface area (Å²) in [6, 6.07) is 0. The van der Waals surface area contributed by atoms with Crippen LogP contribution in [-0.4, -0.2) is 5.78 Å². The average Bonchev–Trinajstić information content (AvgIpc) is 2.65. The smallest absolute Gasteiger partial charge is 0.139 e. The van der Waals surface area contributed by atoms with Gasteiger partial charge in [0.05, 0.1) is 0 Å². The topological polar surface area (TPSA) is 17.1 Å². The Bertz CT molecular complexity index is 240. The summed E-state index contributed by atoms with van der Waals surface area (Å²) in [6.45, 7) is 6.33. The Morgan fingerprint density at radius 2 is 1.87 bits per heavy atom. The zero-order valence-electron chi connectivity index (χ0n) is 10.4. The maximum absolute atomic E-state index is 12.2. The number of ketones is 1. The molecule has 15 heavy (non-hydrogen) atoms. The zero-order valence-corrected chi connectivity index (χ0v) is 10.4. The Morgan fingerprint density at radius 3 is 2.33 bits per heavy atom. The predicted molar refractivity (Wildman–Crippen MR) is 64.9 cm³/mol. The Hall–Kier alpha value is -0.590. The monoisotopic (exact) mass is 208 g/mol. The second-order valence-corrected chi connectivity index (χ2v) is 5.15. The summed E-state index contributed by atoms with van der Waals surface area (Å²) in [7, 11) is 0. The molecule has 0 bridgehead atoms. The minimum Gasteiger partial charge on any atom is -0.299 e. The lowest BCUT2D eigenvalue weighted by atomic mass is 9.76. The van der Waals surface area contributed by atoms with Crippen molar-refractivity contribution >= 4 is 5.78 Å². The molecule has 0 unspecified atom stereocenters. The van der Waals surface area contributed by atoms with Crippen LogP contribution >= 0.6 is 0 Å². The first-order valence-corrected chi connectivity index (χ1v) is 6.27. The van der Waals surface area contributed by atoms with Gasteiger partial charge in [-0.25, -0.2) is 0 Å². The second-order valence-electron chi connectivity index (χ2n) is 5.15. The highest BCUT2D eigenvalue weighted by Gasteiger charge is 2.38. The van der Waals surface area contributed by atoms with Crippen LogP contribution < -0.4 is 0 Å². The molecule has 1 saturated carbocycles. The van der Waals surface area contributed by atoms with E-state index in [9.17, 15) is 4.79 Å². The molecule has 0 N–H and O–H groups in total. The van der Waals surface area contributed by atoms with Crippen LogP contribution in [0.1, 0.15) is 65.7 Å². The molecule has 1 heteroatoms. The first-order chi connectivity index (χ1) is 7.10. The second kappa shape index (κ2) is 5.48. The van der Waals surface area contributed by atoms with E-state index in [-0.39, 0.29) is 5.41 Å². The standard InChI is InChI=1S/C14H24O/c1-4-7-13(15)14(9-5-6-10-14)11-8-12(2)3/h8H,4-7,9-11H2,1-3H3. The van der Waals surface area contributed by atoms with E-state index in [0.717, 1.165) is 32.1 Å². The molecule has 0 aromatic heterocycles. The van der Waals surface area contributed by atoms with Crippen LogP contribution in [0.3, 0.4) is 0 Å². The highest BCUT2D eigenvalue weighted by molar-refractivity contribution is 5.85. The van der Waals surface area contributed by atoms with Crippen LogP contribution in [0.2, 0.25) is 0 Å². The molecule has 1 aliphatic carbocycles. The minimum absolute atomic E-state index is 0.0211. The third-order valence-corrected chi connectivity index (χ3v) is 3.53. The molecule has 0 aromatic carbocycles. The number of allylic oxidation sites excluding steroid dienone is 2. The van der Waals surface area contributed by atoms with Crippen molar-refractivity contribution in [2.24, 2.45) is 5.41 Å². The third-order valence-electron chi connectivity index (χ3n) is 3.53. The maximum atomic E-state index is 12.2. The summed E-state index contributed by atoms with van der Waals surface area (Å²) in [5.41, 5.74) is 1.36. The van der Waals surface area contributed by atoms with Crippen LogP contribution in [0, 0.1) is 5.41 Å². The minimum atomic E-state index is 0.0211. The van der Waals surface area contributed by atoms with E-state index >= 15 is 0 Å². The summed E-state index contributed by atoms with van der Waals surface area (Å²) < 4.78 is 0. The molecule has 0 spiro atoms. The van der Waals surface area contributed by atoms with Gasteiger partial charge < -0.3 is 0 Å². The van der Waals surface area contributed by atoms with E-state index in [1.807, 2.05) is 0 Å². The molecule has 86 valence electrons. The fourth-order valence-corrected chi connectivity index (χ4v) is 2.54. The number of carbonyl (C=O) groups excluding carboxylic acids is 1. The number of rotatable bonds is 5. The molecule has 1 fully saturated rings. The molecule has 1 aliphatic rings. The van der Waals surface area contributed by atoms with Gasteiger partial charge in [0.25, 0.3) is 0 Å². The van der Waals surface area contributed by atoms with Crippen LogP contribution in [-0.2, 0) is 4.79 Å². The molecule has 1 rings (SSSR count). The Morgan fingerprint density at radius 1 is 1.27 bits per heavy atom. The van der Waals surface area contributed by atoms with Gasteiger partial charge in [-0.3, -0.25) is 4.79 Å². The number of Topliss-reactive ketones (excluding diaryl/α,β-unsaturated/α-hetero) is 1. The van der Waals surface area contributed by atoms with E-state index in [1.165, 1.54) is 18.4 Å². The molecule has 0 heterocycles. The normalized spacial score (nSPS) is 18.9. The predicted octanol–water partition coefficient (Wildman–Crippen LogP) is 4.27. The van der Waals surface area contributed by atoms with Gasteiger partial charge in [0, 0.05) is 11.8 Å². The Labute approximate surface area is 93.9 Å². The van der Waals surface area contributed by atoms with Crippen molar-refractivity contribution in [3.63, 3.8) is 0 Å². The molecule has 0 aromatic rings. The van der Waals surface area contributed by atoms with Crippen LogP contribution in [0.5, 0.6) is 0 Å². The fourth-order valence-electron chi connectivity index (χ4n) is 2.54. The summed E-state index contributed by atoms with van der Waals surface area (Å²) in [5.74, 6) is 0.514. The van der Waals surface area contributed by atoms with Gasteiger partial charge in [-0.05, 0) is 39.5 Å². The van der Waals surface area contributed by atoms with Crippen molar-refractivity contribution in [1.29, 1.82) is 0 Å². The van der Waals surface area contributed by atoms with E-state index in [0.29, 0.717) is 5.78 Å². The Balaban J connectivity index is 2.69. The van der Waals surface area contributed by atoms with Gasteiger partial charge in [0.15, 0.2) is 0 Å². The van der Waals surface area contributed by atoms with Gasteiger partial charge in [-0.2, -0.15) is 0 Å². The average molecular weight is 208 g/mol. The molecule has 0 amide bonds. The summed E-state index contributed by atoms with van der Waals surface area (Å²) >= 11 is 0. The van der Waals surface area contributed by atoms with Gasteiger partial charge in [-0.15, -0.1) is 0 Å². The molecule has 0 saturated heterocycles. The number of hydrogen-bond donors (Lipinski definition) is 0. The highest BCUT2D eigenvalue weighted by atomic mass is 16.1. The molecular weight excluding hydrogens is 184 g/mol. The van der Waals surface area contributed by atoms with Gasteiger partial charge in [0.2, 0.25) is 0 Å². The van der Waals surface area contributed by atoms with Crippen molar-refractivity contribution in [2.45, 2.75) is 65.7 Å². The van der Waals surface area contributed by atoms with Crippen molar-refractivity contribution in [1.82, 2.24) is 0 Å². The van der Waals surface area contributed by atoms with Gasteiger partial charge in [0.1, 0.15) is 5.78 Å². The van der Waals surface area contributed by atoms with E-state index in [4.69, 9.17) is 0 Å². The lowest BCUT2D eigenvalue weighted by Crippen LogP contribution is -2.27. The molecular formula is C14H24O.